The Labute approximate surface area is 172 Å². The van der Waals surface area contributed by atoms with Gasteiger partial charge in [-0.2, -0.15) is 0 Å². The number of nitrogens with zero attached hydrogens (tertiary/aromatic N) is 3. The molecule has 29 heavy (non-hydrogen) atoms. The minimum absolute atomic E-state index is 0.00861. The van der Waals surface area contributed by atoms with Crippen LogP contribution in [-0.4, -0.2) is 32.9 Å². The van der Waals surface area contributed by atoms with Crippen LogP contribution in [0.15, 0.2) is 54.9 Å². The maximum absolute atomic E-state index is 12.8. The normalized spacial score (nSPS) is 18.6. The lowest BCUT2D eigenvalue weighted by Crippen LogP contribution is -2.37. The molecule has 2 atom stereocenters. The zero-order valence-corrected chi connectivity index (χ0v) is 17.3. The molecule has 1 fully saturated rings. The predicted molar refractivity (Wildman–Crippen MR) is 116 cm³/mol. The Bertz CT molecular complexity index is 980. The molecule has 4 rings (SSSR count). The van der Waals surface area contributed by atoms with Gasteiger partial charge in [0.1, 0.15) is 6.04 Å². The lowest BCUT2D eigenvalue weighted by atomic mass is 10.0. The molecule has 1 saturated heterocycles. The molecule has 5 nitrogen and oxygen atoms in total. The number of fused-ring (bicyclic) bond motifs is 1. The Morgan fingerprint density at radius 1 is 1.14 bits per heavy atom. The van der Waals surface area contributed by atoms with E-state index in [1.165, 1.54) is 30.4 Å². The second kappa shape index (κ2) is 8.78. The van der Waals surface area contributed by atoms with Crippen LogP contribution in [0, 0.1) is 0 Å². The third kappa shape index (κ3) is 4.35. The van der Waals surface area contributed by atoms with Crippen LogP contribution in [0.4, 0.5) is 0 Å². The monoisotopic (exact) mass is 390 g/mol. The molecule has 1 N–H and O–H groups in total. The standard InChI is InChI=1S/C24H30N4O/c1-18-9-7-8-14-27(18)16-21-11-4-3-10-20(21)15-25-24(29)19(2)28-17-26-22-12-5-6-13-23(22)28/h3-6,10-13,17-19H,7-9,14-16H2,1-2H3,(H,25,29)/t18-,19-/m0/s1. The van der Waals surface area contributed by atoms with Crippen LogP contribution in [0.3, 0.4) is 0 Å². The van der Waals surface area contributed by atoms with Gasteiger partial charge in [0.05, 0.1) is 17.4 Å². The van der Waals surface area contributed by atoms with Crippen molar-refractivity contribution in [3.63, 3.8) is 0 Å². The van der Waals surface area contributed by atoms with Gasteiger partial charge in [0, 0.05) is 19.1 Å². The van der Waals surface area contributed by atoms with E-state index in [2.05, 4.69) is 46.4 Å². The fourth-order valence-electron chi connectivity index (χ4n) is 4.24. The molecular formula is C24H30N4O. The molecule has 1 aliphatic heterocycles. The minimum Gasteiger partial charge on any atom is -0.350 e. The van der Waals surface area contributed by atoms with Gasteiger partial charge in [-0.3, -0.25) is 9.69 Å². The molecule has 3 aromatic rings. The zero-order chi connectivity index (χ0) is 20.2. The average molecular weight is 391 g/mol. The summed E-state index contributed by atoms with van der Waals surface area (Å²) in [6, 6.07) is 16.7. The largest absolute Gasteiger partial charge is 0.350 e. The number of amides is 1. The number of carbonyl (C=O) groups is 1. The van der Waals surface area contributed by atoms with Crippen molar-refractivity contribution in [2.24, 2.45) is 0 Å². The first-order valence-corrected chi connectivity index (χ1v) is 10.6. The third-order valence-corrected chi connectivity index (χ3v) is 6.16. The van der Waals surface area contributed by atoms with Gasteiger partial charge >= 0.3 is 0 Å². The highest BCUT2D eigenvalue weighted by molar-refractivity contribution is 5.83. The molecule has 1 aromatic heterocycles. The van der Waals surface area contributed by atoms with E-state index in [1.54, 1.807) is 6.33 Å². The van der Waals surface area contributed by atoms with Crippen molar-refractivity contribution in [3.8, 4) is 0 Å². The summed E-state index contributed by atoms with van der Waals surface area (Å²) >= 11 is 0. The Morgan fingerprint density at radius 2 is 1.90 bits per heavy atom. The van der Waals surface area contributed by atoms with Gasteiger partial charge in [-0.25, -0.2) is 4.98 Å². The summed E-state index contributed by atoms with van der Waals surface area (Å²) in [7, 11) is 0. The zero-order valence-electron chi connectivity index (χ0n) is 17.3. The van der Waals surface area contributed by atoms with Gasteiger partial charge < -0.3 is 9.88 Å². The van der Waals surface area contributed by atoms with Crippen LogP contribution in [0.2, 0.25) is 0 Å². The molecule has 0 saturated carbocycles. The summed E-state index contributed by atoms with van der Waals surface area (Å²) < 4.78 is 1.94. The van der Waals surface area contributed by atoms with Crippen molar-refractivity contribution >= 4 is 16.9 Å². The van der Waals surface area contributed by atoms with Gasteiger partial charge in [0.25, 0.3) is 0 Å². The summed E-state index contributed by atoms with van der Waals surface area (Å²) in [5.41, 5.74) is 4.39. The van der Waals surface area contributed by atoms with Gasteiger partial charge in [-0.1, -0.05) is 42.8 Å². The van der Waals surface area contributed by atoms with E-state index in [4.69, 9.17) is 0 Å². The number of benzene rings is 2. The highest BCUT2D eigenvalue weighted by Gasteiger charge is 2.20. The fourth-order valence-corrected chi connectivity index (χ4v) is 4.24. The number of para-hydroxylation sites is 2. The number of hydrogen-bond donors (Lipinski definition) is 1. The molecule has 152 valence electrons. The SMILES string of the molecule is C[C@H]1CCCCN1Cc1ccccc1CNC(=O)[C@H](C)n1cnc2ccccc21. The van der Waals surface area contributed by atoms with Crippen molar-refractivity contribution in [1.82, 2.24) is 19.8 Å². The number of piperidine rings is 1. The molecule has 0 spiro atoms. The Balaban J connectivity index is 1.43. The van der Waals surface area contributed by atoms with Gasteiger partial charge in [-0.15, -0.1) is 0 Å². The van der Waals surface area contributed by atoms with E-state index in [0.717, 1.165) is 24.1 Å². The smallest absolute Gasteiger partial charge is 0.243 e. The van der Waals surface area contributed by atoms with E-state index in [9.17, 15) is 4.79 Å². The number of aromatic nitrogens is 2. The average Bonchev–Trinajstić information content (AvgIpc) is 3.18. The number of likely N-dealkylation sites (tertiary alicyclic amines) is 1. The van der Waals surface area contributed by atoms with E-state index < -0.39 is 0 Å². The van der Waals surface area contributed by atoms with Gasteiger partial charge in [-0.05, 0) is 56.5 Å². The predicted octanol–water partition coefficient (Wildman–Crippen LogP) is 4.29. The first-order chi connectivity index (χ1) is 14.1. The van der Waals surface area contributed by atoms with Crippen LogP contribution in [-0.2, 0) is 17.9 Å². The number of nitrogens with one attached hydrogen (secondary N) is 1. The van der Waals surface area contributed by atoms with Crippen molar-refractivity contribution < 1.29 is 4.79 Å². The van der Waals surface area contributed by atoms with Crippen LogP contribution in [0.25, 0.3) is 11.0 Å². The molecule has 2 heterocycles. The Morgan fingerprint density at radius 3 is 2.72 bits per heavy atom. The Hall–Kier alpha value is -2.66. The molecule has 2 aromatic carbocycles. The number of rotatable bonds is 6. The highest BCUT2D eigenvalue weighted by atomic mass is 16.2. The Kier molecular flexibility index (Phi) is 5.95. The van der Waals surface area contributed by atoms with Crippen molar-refractivity contribution in [3.05, 3.63) is 66.0 Å². The fraction of sp³-hybridized carbons (Fsp3) is 0.417. The lowest BCUT2D eigenvalue weighted by Gasteiger charge is -2.33. The quantitative estimate of drug-likeness (QED) is 0.683. The van der Waals surface area contributed by atoms with Gasteiger partial charge in [0.15, 0.2) is 0 Å². The van der Waals surface area contributed by atoms with E-state index in [1.807, 2.05) is 35.8 Å². The summed E-state index contributed by atoms with van der Waals surface area (Å²) in [5, 5.41) is 3.13. The maximum Gasteiger partial charge on any atom is 0.243 e. The second-order valence-corrected chi connectivity index (χ2v) is 8.12. The number of hydrogen-bond acceptors (Lipinski definition) is 3. The van der Waals surface area contributed by atoms with Crippen LogP contribution < -0.4 is 5.32 Å². The van der Waals surface area contributed by atoms with Gasteiger partial charge in [0.2, 0.25) is 5.91 Å². The first-order valence-electron chi connectivity index (χ1n) is 10.6. The molecule has 1 amide bonds. The second-order valence-electron chi connectivity index (χ2n) is 8.12. The lowest BCUT2D eigenvalue weighted by molar-refractivity contribution is -0.123. The summed E-state index contributed by atoms with van der Waals surface area (Å²) in [4.78, 5) is 19.8. The molecule has 5 heteroatoms. The van der Waals surface area contributed by atoms with Crippen LogP contribution >= 0.6 is 0 Å². The number of imidazole rings is 1. The third-order valence-electron chi connectivity index (χ3n) is 6.16. The summed E-state index contributed by atoms with van der Waals surface area (Å²) in [6.45, 7) is 6.90. The summed E-state index contributed by atoms with van der Waals surface area (Å²) in [6.07, 6.45) is 5.63. The van der Waals surface area contributed by atoms with Crippen LogP contribution in [0.5, 0.6) is 0 Å². The van der Waals surface area contributed by atoms with Crippen LogP contribution in [0.1, 0.15) is 50.3 Å². The molecule has 0 radical (unpaired) electrons. The molecule has 0 aliphatic carbocycles. The molecular weight excluding hydrogens is 360 g/mol. The topological polar surface area (TPSA) is 50.2 Å². The van der Waals surface area contributed by atoms with E-state index >= 15 is 0 Å². The van der Waals surface area contributed by atoms with E-state index in [-0.39, 0.29) is 11.9 Å². The maximum atomic E-state index is 12.8. The molecule has 0 bridgehead atoms. The molecule has 1 aliphatic rings. The number of carbonyl (C=O) groups excluding carboxylic acids is 1. The minimum atomic E-state index is -0.309. The van der Waals surface area contributed by atoms with Crippen molar-refractivity contribution in [2.75, 3.05) is 6.54 Å². The highest BCUT2D eigenvalue weighted by Crippen LogP contribution is 2.21. The van der Waals surface area contributed by atoms with Crippen molar-refractivity contribution in [1.29, 1.82) is 0 Å². The van der Waals surface area contributed by atoms with E-state index in [0.29, 0.717) is 12.6 Å². The van der Waals surface area contributed by atoms with Crippen molar-refractivity contribution in [2.45, 2.75) is 58.3 Å². The molecule has 0 unspecified atom stereocenters. The first kappa shape index (κ1) is 19.6. The summed E-state index contributed by atoms with van der Waals surface area (Å²) in [5.74, 6) is 0.00861.